The first-order chi connectivity index (χ1) is 15.6. The SMILES string of the molecule is CC1(c2ccccc2)NC(CC2(C)C(Br)=C(F)C(OCc3noc(=O)[nH]3)=CC2Br)=CC=C1O. The predicted octanol–water partition coefficient (Wildman–Crippen LogP) is 5.36. The number of rotatable bonds is 6. The van der Waals surface area contributed by atoms with Crippen LogP contribution in [0.3, 0.4) is 0 Å². The first kappa shape index (κ1) is 23.6. The van der Waals surface area contributed by atoms with Gasteiger partial charge in [-0.05, 0) is 37.1 Å². The quantitative estimate of drug-likeness (QED) is 0.397. The molecule has 33 heavy (non-hydrogen) atoms. The van der Waals surface area contributed by atoms with Gasteiger partial charge in [0.15, 0.2) is 17.4 Å². The molecule has 2 aliphatic rings. The van der Waals surface area contributed by atoms with Gasteiger partial charge in [0.2, 0.25) is 0 Å². The van der Waals surface area contributed by atoms with Gasteiger partial charge >= 0.3 is 5.76 Å². The van der Waals surface area contributed by atoms with Gasteiger partial charge < -0.3 is 15.2 Å². The molecule has 0 saturated carbocycles. The van der Waals surface area contributed by atoms with Crippen molar-refractivity contribution >= 4 is 31.9 Å². The Balaban J connectivity index is 1.54. The molecule has 0 spiro atoms. The maximum absolute atomic E-state index is 15.3. The van der Waals surface area contributed by atoms with Crippen molar-refractivity contribution in [3.63, 3.8) is 0 Å². The highest BCUT2D eigenvalue weighted by atomic mass is 79.9. The number of nitrogens with zero attached hydrogens (tertiary/aromatic N) is 1. The summed E-state index contributed by atoms with van der Waals surface area (Å²) in [5.74, 6) is -0.858. The lowest BCUT2D eigenvalue weighted by atomic mass is 9.77. The van der Waals surface area contributed by atoms with E-state index in [4.69, 9.17) is 4.74 Å². The maximum Gasteiger partial charge on any atom is 0.439 e. The number of halogens is 3. The number of benzene rings is 1. The van der Waals surface area contributed by atoms with Crippen molar-refractivity contribution in [2.75, 3.05) is 0 Å². The minimum absolute atomic E-state index is 0.0299. The number of alkyl halides is 1. The Bertz CT molecular complexity index is 1230. The van der Waals surface area contributed by atoms with E-state index in [-0.39, 0.29) is 28.8 Å². The van der Waals surface area contributed by atoms with E-state index in [0.29, 0.717) is 10.9 Å². The van der Waals surface area contributed by atoms with E-state index in [1.54, 1.807) is 18.2 Å². The van der Waals surface area contributed by atoms with Crippen molar-refractivity contribution in [1.82, 2.24) is 15.5 Å². The molecular formula is C23H22Br2FN3O4. The molecule has 1 aromatic carbocycles. The van der Waals surface area contributed by atoms with E-state index >= 15 is 4.39 Å². The van der Waals surface area contributed by atoms with Gasteiger partial charge in [0.1, 0.15) is 17.9 Å². The van der Waals surface area contributed by atoms with Crippen LogP contribution < -0.4 is 11.1 Å². The largest absolute Gasteiger partial charge is 0.509 e. The average molecular weight is 583 g/mol. The van der Waals surface area contributed by atoms with E-state index in [0.717, 1.165) is 11.3 Å². The third-order valence-electron chi connectivity index (χ3n) is 5.94. The van der Waals surface area contributed by atoms with E-state index < -0.39 is 22.5 Å². The molecule has 3 atom stereocenters. The van der Waals surface area contributed by atoms with Crippen LogP contribution in [0.4, 0.5) is 4.39 Å². The Kier molecular flexibility index (Phi) is 6.41. The van der Waals surface area contributed by atoms with Gasteiger partial charge in [0, 0.05) is 20.4 Å². The molecule has 0 saturated heterocycles. The molecule has 2 heterocycles. The Hall–Kier alpha value is -2.59. The summed E-state index contributed by atoms with van der Waals surface area (Å²) in [6.45, 7) is 3.69. The molecule has 1 aliphatic carbocycles. The minimum Gasteiger partial charge on any atom is -0.509 e. The zero-order chi connectivity index (χ0) is 23.8. The number of H-pyrrole nitrogens is 1. The number of hydrogen-bond acceptors (Lipinski definition) is 6. The van der Waals surface area contributed by atoms with Crippen molar-refractivity contribution in [2.24, 2.45) is 5.41 Å². The van der Waals surface area contributed by atoms with Crippen molar-refractivity contribution < 1.29 is 18.8 Å². The summed E-state index contributed by atoms with van der Waals surface area (Å²) >= 11 is 7.10. The fourth-order valence-electron chi connectivity index (χ4n) is 3.89. The smallest absolute Gasteiger partial charge is 0.439 e. The van der Waals surface area contributed by atoms with Crippen LogP contribution in [0.25, 0.3) is 0 Å². The monoisotopic (exact) mass is 581 g/mol. The highest BCUT2D eigenvalue weighted by molar-refractivity contribution is 9.12. The number of allylic oxidation sites excluding steroid dienone is 6. The van der Waals surface area contributed by atoms with Crippen LogP contribution in [0.15, 0.2) is 85.4 Å². The van der Waals surface area contributed by atoms with Gasteiger partial charge in [-0.25, -0.2) is 9.18 Å². The molecule has 0 bridgehead atoms. The first-order valence-electron chi connectivity index (χ1n) is 10.2. The lowest BCUT2D eigenvalue weighted by molar-refractivity contribution is 0.177. The molecule has 0 radical (unpaired) electrons. The highest BCUT2D eigenvalue weighted by Crippen LogP contribution is 2.51. The van der Waals surface area contributed by atoms with Crippen molar-refractivity contribution in [1.29, 1.82) is 0 Å². The van der Waals surface area contributed by atoms with Gasteiger partial charge in [0.25, 0.3) is 0 Å². The first-order valence-corrected chi connectivity index (χ1v) is 11.9. The van der Waals surface area contributed by atoms with Gasteiger partial charge in [-0.1, -0.05) is 74.3 Å². The molecule has 174 valence electrons. The van der Waals surface area contributed by atoms with E-state index in [1.165, 1.54) is 0 Å². The summed E-state index contributed by atoms with van der Waals surface area (Å²) in [6, 6.07) is 9.64. The topological polar surface area (TPSA) is 100 Å². The molecule has 3 unspecified atom stereocenters. The lowest BCUT2D eigenvalue weighted by Crippen LogP contribution is -2.44. The second-order valence-electron chi connectivity index (χ2n) is 8.35. The number of aliphatic hydroxyl groups excluding tert-OH is 1. The highest BCUT2D eigenvalue weighted by Gasteiger charge is 2.44. The number of dihydropyridines is 1. The number of aromatic amines is 1. The normalized spacial score (nSPS) is 27.4. The van der Waals surface area contributed by atoms with Gasteiger partial charge in [-0.2, -0.15) is 0 Å². The van der Waals surface area contributed by atoms with Crippen LogP contribution >= 0.6 is 31.9 Å². The van der Waals surface area contributed by atoms with Crippen LogP contribution in [0, 0.1) is 5.41 Å². The summed E-state index contributed by atoms with van der Waals surface area (Å²) in [5, 5.41) is 17.6. The molecule has 7 nitrogen and oxygen atoms in total. The Labute approximate surface area is 206 Å². The number of ether oxygens (including phenoxy) is 1. The molecule has 4 rings (SSSR count). The standard InChI is InChI=1S/C23H22Br2FN3O4/c1-22(11-14-8-9-17(30)23(2,28-14)13-6-4-3-5-7-13)16(24)10-15(19(26)20(22)25)32-12-18-27-21(31)33-29-18/h3-10,16,28,30H,11-12H2,1-2H3,(H,27,29,31). The number of hydrogen-bond donors (Lipinski definition) is 3. The fourth-order valence-corrected chi connectivity index (χ4v) is 5.41. The van der Waals surface area contributed by atoms with Crippen molar-refractivity contribution in [3.8, 4) is 0 Å². The third-order valence-corrected chi connectivity index (χ3v) is 8.47. The molecular weight excluding hydrogens is 561 g/mol. The third kappa shape index (κ3) is 4.46. The molecule has 10 heteroatoms. The molecule has 2 aromatic rings. The van der Waals surface area contributed by atoms with E-state index in [2.05, 4.69) is 51.8 Å². The van der Waals surface area contributed by atoms with Gasteiger partial charge in [-0.3, -0.25) is 9.51 Å². The summed E-state index contributed by atoms with van der Waals surface area (Å²) in [5.41, 5.74) is 0.270. The lowest BCUT2D eigenvalue weighted by Gasteiger charge is -2.41. The van der Waals surface area contributed by atoms with Crippen LogP contribution in [0.5, 0.6) is 0 Å². The summed E-state index contributed by atoms with van der Waals surface area (Å²) in [6.07, 6.45) is 5.57. The number of aromatic nitrogens is 2. The summed E-state index contributed by atoms with van der Waals surface area (Å²) < 4.78 is 25.6. The Morgan fingerprint density at radius 1 is 1.27 bits per heavy atom. The molecule has 0 amide bonds. The van der Waals surface area contributed by atoms with E-state index in [9.17, 15) is 9.90 Å². The maximum atomic E-state index is 15.3. The molecule has 1 aliphatic heterocycles. The van der Waals surface area contributed by atoms with Crippen LogP contribution in [0.1, 0.15) is 31.7 Å². The van der Waals surface area contributed by atoms with E-state index in [1.807, 2.05) is 44.2 Å². The van der Waals surface area contributed by atoms with Gasteiger partial charge in [-0.15, -0.1) is 0 Å². The molecule has 3 N–H and O–H groups in total. The second-order valence-corrected chi connectivity index (χ2v) is 10.1. The predicted molar refractivity (Wildman–Crippen MR) is 128 cm³/mol. The van der Waals surface area contributed by atoms with Crippen LogP contribution in [0.2, 0.25) is 0 Å². The zero-order valence-electron chi connectivity index (χ0n) is 17.9. The molecule has 0 fully saturated rings. The van der Waals surface area contributed by atoms with Gasteiger partial charge in [0.05, 0.1) is 0 Å². The zero-order valence-corrected chi connectivity index (χ0v) is 21.0. The van der Waals surface area contributed by atoms with Crippen LogP contribution in [-0.2, 0) is 16.9 Å². The van der Waals surface area contributed by atoms with Crippen molar-refractivity contribution in [3.05, 3.63) is 98.0 Å². The van der Waals surface area contributed by atoms with Crippen LogP contribution in [-0.4, -0.2) is 20.1 Å². The van der Waals surface area contributed by atoms with Crippen molar-refractivity contribution in [2.45, 2.75) is 37.2 Å². The fraction of sp³-hybridized carbons (Fsp3) is 0.304. The average Bonchev–Trinajstić information content (AvgIpc) is 3.22. The number of nitrogens with one attached hydrogen (secondary N) is 2. The number of aliphatic hydroxyl groups is 1. The second kappa shape index (κ2) is 8.98. The summed E-state index contributed by atoms with van der Waals surface area (Å²) in [4.78, 5) is 13.1. The molecule has 1 aromatic heterocycles. The Morgan fingerprint density at radius 2 is 2.00 bits per heavy atom. The summed E-state index contributed by atoms with van der Waals surface area (Å²) in [7, 11) is 0. The minimum atomic E-state index is -0.800. The Morgan fingerprint density at radius 3 is 2.67 bits per heavy atom.